The zero-order valence-corrected chi connectivity index (χ0v) is 37.7. The molecule has 1 aromatic heterocycles. The number of aryl methyl sites for hydroxylation is 1. The van der Waals surface area contributed by atoms with Crippen molar-refractivity contribution in [1.29, 1.82) is 0 Å². The summed E-state index contributed by atoms with van der Waals surface area (Å²) in [6, 6.07) is 16.3. The molecule has 0 spiro atoms. The minimum Gasteiger partial charge on any atom is -0.452 e. The quantitative estimate of drug-likeness (QED) is 0.212. The molecule has 0 saturated heterocycles. The average molecular weight is 820 g/mol. The van der Waals surface area contributed by atoms with Crippen molar-refractivity contribution in [2.45, 2.75) is 103 Å². The van der Waals surface area contributed by atoms with E-state index in [4.69, 9.17) is 37.8 Å². The molecule has 0 aliphatic heterocycles. The summed E-state index contributed by atoms with van der Waals surface area (Å²) < 4.78 is 7.00. The lowest BCUT2D eigenvalue weighted by Gasteiger charge is -2.31. The van der Waals surface area contributed by atoms with Gasteiger partial charge in [0.1, 0.15) is 11.4 Å². The van der Waals surface area contributed by atoms with Crippen molar-refractivity contribution in [2.75, 3.05) is 0 Å². The van der Waals surface area contributed by atoms with E-state index in [-0.39, 0.29) is 11.6 Å². The maximum atomic E-state index is 14.1. The van der Waals surface area contributed by atoms with Crippen LogP contribution in [0.4, 0.5) is 11.4 Å². The molecular formula is C49H56Cl2N4O3. The van der Waals surface area contributed by atoms with Gasteiger partial charge in [-0.1, -0.05) is 132 Å². The van der Waals surface area contributed by atoms with E-state index >= 15 is 0 Å². The first kappa shape index (κ1) is 44.4. The fourth-order valence-corrected chi connectivity index (χ4v) is 7.11. The van der Waals surface area contributed by atoms with Crippen LogP contribution in [0.5, 0.6) is 0 Å². The monoisotopic (exact) mass is 818 g/mol. The van der Waals surface area contributed by atoms with Crippen molar-refractivity contribution in [3.8, 4) is 0 Å². The van der Waals surface area contributed by atoms with E-state index in [0.717, 1.165) is 12.0 Å². The van der Waals surface area contributed by atoms with Crippen LogP contribution in [0.3, 0.4) is 0 Å². The maximum Gasteiger partial charge on any atom is 0.186 e. The number of hydrogen-bond acceptors (Lipinski definition) is 7. The Bertz CT molecular complexity index is 2310. The highest BCUT2D eigenvalue weighted by Crippen LogP contribution is 2.45. The van der Waals surface area contributed by atoms with Crippen LogP contribution in [-0.4, -0.2) is 11.6 Å². The second-order valence-corrected chi connectivity index (χ2v) is 19.9. The van der Waals surface area contributed by atoms with Crippen LogP contribution in [0.2, 0.25) is 10.0 Å². The number of Topliss-reactive ketones (excluding diaryl/α,β-unsaturated/α-hetero) is 2. The van der Waals surface area contributed by atoms with Gasteiger partial charge < -0.3 is 4.42 Å². The van der Waals surface area contributed by atoms with Gasteiger partial charge in [0.15, 0.2) is 23.1 Å². The van der Waals surface area contributed by atoms with Crippen LogP contribution < -0.4 is 0 Å². The number of furan rings is 1. The van der Waals surface area contributed by atoms with Crippen molar-refractivity contribution in [2.24, 2.45) is 42.1 Å². The molecule has 5 rings (SSSR count). The highest BCUT2D eigenvalue weighted by molar-refractivity contribution is 6.31. The van der Waals surface area contributed by atoms with Gasteiger partial charge in [-0.05, 0) is 94.8 Å². The summed E-state index contributed by atoms with van der Waals surface area (Å²) in [4.78, 5) is 28.1. The molecule has 3 aromatic rings. The van der Waals surface area contributed by atoms with E-state index in [1.54, 1.807) is 24.3 Å². The molecule has 0 N–H and O–H groups in total. The third-order valence-corrected chi connectivity index (χ3v) is 10.4. The zero-order valence-electron chi connectivity index (χ0n) is 36.2. The second kappa shape index (κ2) is 16.9. The van der Waals surface area contributed by atoms with Crippen LogP contribution in [0, 0.1) is 21.7 Å². The predicted octanol–water partition coefficient (Wildman–Crippen LogP) is 15.6. The second-order valence-electron chi connectivity index (χ2n) is 19.1. The smallest absolute Gasteiger partial charge is 0.186 e. The molecule has 2 aromatic carbocycles. The van der Waals surface area contributed by atoms with Crippen LogP contribution >= 0.6 is 23.2 Å². The Labute approximate surface area is 354 Å². The molecule has 0 unspecified atom stereocenters. The molecule has 0 saturated carbocycles. The summed E-state index contributed by atoms with van der Waals surface area (Å²) in [5, 5.41) is 20.2. The number of hydrogen-bond donors (Lipinski definition) is 0. The van der Waals surface area contributed by atoms with E-state index in [0.29, 0.717) is 84.2 Å². The zero-order chi connectivity index (χ0) is 43.0. The first-order valence-corrected chi connectivity index (χ1v) is 20.6. The molecule has 304 valence electrons. The first-order chi connectivity index (χ1) is 26.9. The van der Waals surface area contributed by atoms with Crippen molar-refractivity contribution in [3.05, 3.63) is 139 Å². The molecule has 0 fully saturated rings. The Hall–Kier alpha value is -4.72. The number of carbonyl (C=O) groups excluding carboxylic acids is 2. The molecule has 0 amide bonds. The van der Waals surface area contributed by atoms with Gasteiger partial charge in [-0.3, -0.25) is 9.59 Å². The van der Waals surface area contributed by atoms with Crippen LogP contribution in [0.1, 0.15) is 114 Å². The van der Waals surface area contributed by atoms with Crippen LogP contribution in [0.25, 0.3) is 11.4 Å². The molecule has 2 aliphatic carbocycles. The Kier molecular flexibility index (Phi) is 12.9. The predicted molar refractivity (Wildman–Crippen MR) is 239 cm³/mol. The maximum absolute atomic E-state index is 14.1. The van der Waals surface area contributed by atoms with Gasteiger partial charge in [-0.2, -0.15) is 10.2 Å². The Morgan fingerprint density at radius 3 is 1.31 bits per heavy atom. The molecule has 7 nitrogen and oxygen atoms in total. The van der Waals surface area contributed by atoms with E-state index in [9.17, 15) is 9.59 Å². The van der Waals surface area contributed by atoms with Crippen molar-refractivity contribution in [1.82, 2.24) is 0 Å². The fourth-order valence-electron chi connectivity index (χ4n) is 6.74. The number of nitrogens with zero attached hydrogens (tertiary/aromatic N) is 4. The van der Waals surface area contributed by atoms with Gasteiger partial charge in [0.25, 0.3) is 0 Å². The third-order valence-electron chi connectivity index (χ3n) is 9.88. The molecule has 0 atom stereocenters. The highest BCUT2D eigenvalue weighted by Gasteiger charge is 2.37. The van der Waals surface area contributed by atoms with Gasteiger partial charge >= 0.3 is 0 Å². The molecule has 0 radical (unpaired) electrons. The van der Waals surface area contributed by atoms with E-state index in [2.05, 4.69) is 17.2 Å². The third kappa shape index (κ3) is 10.3. The average Bonchev–Trinajstić information content (AvgIpc) is 3.50. The summed E-state index contributed by atoms with van der Waals surface area (Å²) in [5.74, 6) is 0.936. The van der Waals surface area contributed by atoms with Gasteiger partial charge in [-0.25, -0.2) is 0 Å². The standard InChI is InChI=1S/C49H56Cl2N4O3/c1-14-17-29-26-40(41(54-52-34-20-15-18-32(50)27-34)30-22-36(46(2,3)4)43(56)37(23-30)47(5,6)7)58-45(29)42(55-53-35-21-16-19-33(51)28-35)31-24-38(48(8,9)10)44(57)39(25-31)49(11,12)13/h15-16,18-28H,14,17H2,1-13H3. The number of azo groups is 2. The minimum absolute atomic E-state index is 0.00450. The van der Waals surface area contributed by atoms with Gasteiger partial charge in [0.2, 0.25) is 0 Å². The molecule has 9 heteroatoms. The lowest BCUT2D eigenvalue weighted by molar-refractivity contribution is -0.114. The molecule has 0 bridgehead atoms. The van der Waals surface area contributed by atoms with E-state index in [1.165, 1.54) is 0 Å². The van der Waals surface area contributed by atoms with Gasteiger partial charge in [0, 0.05) is 49.0 Å². The fraction of sp³-hybridized carbons (Fsp3) is 0.388. The number of carbonyl (C=O) groups is 2. The number of halogens is 2. The number of ketones is 2. The summed E-state index contributed by atoms with van der Waals surface area (Å²) in [5.41, 5.74) is 5.07. The van der Waals surface area contributed by atoms with Gasteiger partial charge in [-0.15, -0.1) is 10.2 Å². The summed E-state index contributed by atoms with van der Waals surface area (Å²) in [6.45, 7) is 26.6. The highest BCUT2D eigenvalue weighted by atomic mass is 35.5. The summed E-state index contributed by atoms with van der Waals surface area (Å²) in [6.07, 6.45) is 9.11. The van der Waals surface area contributed by atoms with Crippen LogP contribution in [0.15, 0.2) is 137 Å². The molecule has 1 heterocycles. The van der Waals surface area contributed by atoms with Crippen molar-refractivity contribution in [3.63, 3.8) is 0 Å². The normalized spacial score (nSPS) is 15.9. The lowest BCUT2D eigenvalue weighted by atomic mass is 9.71. The number of benzene rings is 2. The van der Waals surface area contributed by atoms with E-state index in [1.807, 2.05) is 138 Å². The first-order valence-electron chi connectivity index (χ1n) is 19.8. The SMILES string of the molecule is CCCc1cc(C(N=Nc2cccc(Cl)c2)=C2C=C(C(C)(C)C)C(=O)C(C(C)(C)C)=C2)oc1C(N=Nc1cccc(Cl)c1)=C1C=C(C(C)(C)C)C(=O)C(C(C)(C)C)=C1. The van der Waals surface area contributed by atoms with Crippen molar-refractivity contribution < 1.29 is 14.0 Å². The molecule has 2 aliphatic rings. The Morgan fingerprint density at radius 2 is 0.948 bits per heavy atom. The lowest BCUT2D eigenvalue weighted by Crippen LogP contribution is -2.28. The summed E-state index contributed by atoms with van der Waals surface area (Å²) >= 11 is 12.7. The van der Waals surface area contributed by atoms with Gasteiger partial charge in [0.05, 0.1) is 11.4 Å². The largest absolute Gasteiger partial charge is 0.452 e. The Balaban J connectivity index is 1.92. The Morgan fingerprint density at radius 1 is 0.569 bits per heavy atom. The van der Waals surface area contributed by atoms with Crippen molar-refractivity contribution >= 4 is 57.5 Å². The summed E-state index contributed by atoms with van der Waals surface area (Å²) in [7, 11) is 0. The molecular weight excluding hydrogens is 763 g/mol. The number of rotatable bonds is 8. The molecule has 58 heavy (non-hydrogen) atoms. The van der Waals surface area contributed by atoms with Crippen LogP contribution in [-0.2, 0) is 16.0 Å². The minimum atomic E-state index is -0.464. The number of allylic oxidation sites excluding steroid dienone is 10. The topological polar surface area (TPSA) is 96.7 Å². The van der Waals surface area contributed by atoms with E-state index < -0.39 is 21.7 Å².